The van der Waals surface area contributed by atoms with Crippen molar-refractivity contribution >= 4 is 0 Å². The van der Waals surface area contributed by atoms with Gasteiger partial charge in [-0.25, -0.2) is 4.74 Å². The maximum absolute atomic E-state index is 11.7. The standard InChI is InChI=1S/C4H5F5O/c1-2-3(5,6)10-4(7,8)9/h2H2,1H3. The van der Waals surface area contributed by atoms with Crippen LogP contribution in [-0.2, 0) is 4.74 Å². The van der Waals surface area contributed by atoms with Crippen molar-refractivity contribution in [3.05, 3.63) is 0 Å². The van der Waals surface area contributed by atoms with E-state index >= 15 is 0 Å². The van der Waals surface area contributed by atoms with Crippen LogP contribution in [0.25, 0.3) is 0 Å². The first-order valence-corrected chi connectivity index (χ1v) is 2.41. The van der Waals surface area contributed by atoms with Crippen LogP contribution >= 0.6 is 0 Å². The van der Waals surface area contributed by atoms with E-state index in [1.54, 1.807) is 0 Å². The quantitative estimate of drug-likeness (QED) is 0.570. The Hall–Kier alpha value is -0.390. The number of hydrogen-bond donors (Lipinski definition) is 0. The Labute approximate surface area is 53.8 Å². The number of hydrogen-bond acceptors (Lipinski definition) is 1. The van der Waals surface area contributed by atoms with E-state index in [9.17, 15) is 22.0 Å². The summed E-state index contributed by atoms with van der Waals surface area (Å²) in [5.41, 5.74) is 0. The predicted molar refractivity (Wildman–Crippen MR) is 22.4 cm³/mol. The summed E-state index contributed by atoms with van der Waals surface area (Å²) in [6.45, 7) is 0.895. The van der Waals surface area contributed by atoms with Crippen LogP contribution in [0.3, 0.4) is 0 Å². The average molecular weight is 164 g/mol. The van der Waals surface area contributed by atoms with Crippen LogP contribution in [0.15, 0.2) is 0 Å². The van der Waals surface area contributed by atoms with E-state index in [1.807, 2.05) is 0 Å². The molecule has 0 radical (unpaired) electrons. The highest BCUT2D eigenvalue weighted by Crippen LogP contribution is 2.29. The third-order valence-electron chi connectivity index (χ3n) is 0.677. The Morgan fingerprint density at radius 2 is 1.50 bits per heavy atom. The molecule has 0 N–H and O–H groups in total. The molecule has 10 heavy (non-hydrogen) atoms. The molecule has 0 amide bonds. The van der Waals surface area contributed by atoms with Crippen molar-refractivity contribution in [2.45, 2.75) is 25.8 Å². The number of halogens is 5. The minimum absolute atomic E-state index is 0.895. The van der Waals surface area contributed by atoms with Gasteiger partial charge in [-0.15, -0.1) is 13.2 Å². The zero-order valence-electron chi connectivity index (χ0n) is 5.01. The zero-order valence-corrected chi connectivity index (χ0v) is 5.01. The molecule has 0 heterocycles. The highest BCUT2D eigenvalue weighted by molar-refractivity contribution is 4.47. The Kier molecular flexibility index (Phi) is 2.59. The van der Waals surface area contributed by atoms with Gasteiger partial charge in [0.15, 0.2) is 0 Å². The Morgan fingerprint density at radius 3 is 1.60 bits per heavy atom. The van der Waals surface area contributed by atoms with Crippen molar-refractivity contribution in [2.75, 3.05) is 0 Å². The summed E-state index contributed by atoms with van der Waals surface area (Å²) in [4.78, 5) is 0. The zero-order chi connectivity index (χ0) is 8.41. The Bertz CT molecular complexity index is 107. The summed E-state index contributed by atoms with van der Waals surface area (Å²) in [6.07, 6.45) is -10.4. The second kappa shape index (κ2) is 2.69. The molecule has 0 aromatic heterocycles. The maximum atomic E-state index is 11.7. The van der Waals surface area contributed by atoms with E-state index in [1.165, 1.54) is 0 Å². The second-order valence-corrected chi connectivity index (χ2v) is 1.54. The molecule has 0 aliphatic heterocycles. The van der Waals surface area contributed by atoms with Gasteiger partial charge in [0.2, 0.25) is 0 Å². The Morgan fingerprint density at radius 1 is 1.10 bits per heavy atom. The summed E-state index contributed by atoms with van der Waals surface area (Å²) in [7, 11) is 0. The van der Waals surface area contributed by atoms with Crippen molar-refractivity contribution in [2.24, 2.45) is 0 Å². The Balaban J connectivity index is 3.89. The van der Waals surface area contributed by atoms with Crippen LogP contribution in [-0.4, -0.2) is 12.5 Å². The van der Waals surface area contributed by atoms with Gasteiger partial charge in [0.05, 0.1) is 0 Å². The molecule has 0 atom stereocenters. The lowest BCUT2D eigenvalue weighted by atomic mass is 10.5. The van der Waals surface area contributed by atoms with Crippen LogP contribution in [0.1, 0.15) is 13.3 Å². The average Bonchev–Trinajstić information content (AvgIpc) is 1.60. The summed E-state index contributed by atoms with van der Waals surface area (Å²) >= 11 is 0. The first-order valence-electron chi connectivity index (χ1n) is 2.41. The molecule has 0 bridgehead atoms. The van der Waals surface area contributed by atoms with Gasteiger partial charge in [0, 0.05) is 6.42 Å². The fourth-order valence-electron chi connectivity index (χ4n) is 0.241. The highest BCUT2D eigenvalue weighted by atomic mass is 19.4. The lowest BCUT2D eigenvalue weighted by Gasteiger charge is -2.15. The third kappa shape index (κ3) is 4.49. The van der Waals surface area contributed by atoms with Gasteiger partial charge in [-0.1, -0.05) is 6.92 Å². The van der Waals surface area contributed by atoms with Gasteiger partial charge in [-0.05, 0) is 0 Å². The first kappa shape index (κ1) is 9.61. The minimum Gasteiger partial charge on any atom is -0.226 e. The molecule has 0 aliphatic carbocycles. The molecule has 0 aromatic carbocycles. The molecule has 0 rings (SSSR count). The van der Waals surface area contributed by atoms with Crippen LogP contribution in [0, 0.1) is 0 Å². The number of ether oxygens (including phenoxy) is 1. The van der Waals surface area contributed by atoms with E-state index in [2.05, 4.69) is 4.74 Å². The lowest BCUT2D eigenvalue weighted by molar-refractivity contribution is -0.424. The molecule has 0 unspecified atom stereocenters. The van der Waals surface area contributed by atoms with Gasteiger partial charge < -0.3 is 0 Å². The molecule has 62 valence electrons. The summed E-state index contributed by atoms with van der Waals surface area (Å²) in [5.74, 6) is 0. The highest BCUT2D eigenvalue weighted by Gasteiger charge is 2.43. The normalized spacial score (nSPS) is 13.8. The van der Waals surface area contributed by atoms with Crippen LogP contribution in [0.4, 0.5) is 22.0 Å². The van der Waals surface area contributed by atoms with Crippen LogP contribution < -0.4 is 0 Å². The topological polar surface area (TPSA) is 9.23 Å². The molecular formula is C4H5F5O. The molecule has 0 aliphatic rings. The van der Waals surface area contributed by atoms with Gasteiger partial charge in [0.1, 0.15) is 0 Å². The summed E-state index contributed by atoms with van der Waals surface area (Å²) in [5, 5.41) is 0. The van der Waals surface area contributed by atoms with E-state index in [0.29, 0.717) is 0 Å². The number of rotatable bonds is 2. The third-order valence-corrected chi connectivity index (χ3v) is 0.677. The van der Waals surface area contributed by atoms with Gasteiger partial charge in [-0.2, -0.15) is 8.78 Å². The second-order valence-electron chi connectivity index (χ2n) is 1.54. The number of alkyl halides is 5. The molecule has 1 nitrogen and oxygen atoms in total. The predicted octanol–water partition coefficient (Wildman–Crippen LogP) is 2.53. The largest absolute Gasteiger partial charge is 0.527 e. The SMILES string of the molecule is CCC(F)(F)OC(F)(F)F. The summed E-state index contributed by atoms with van der Waals surface area (Å²) in [6, 6.07) is 0. The molecular weight excluding hydrogens is 159 g/mol. The minimum atomic E-state index is -5.26. The maximum Gasteiger partial charge on any atom is 0.527 e. The van der Waals surface area contributed by atoms with Crippen molar-refractivity contribution in [3.8, 4) is 0 Å². The van der Waals surface area contributed by atoms with E-state index in [4.69, 9.17) is 0 Å². The van der Waals surface area contributed by atoms with Gasteiger partial charge in [0.25, 0.3) is 0 Å². The van der Waals surface area contributed by atoms with E-state index < -0.39 is 18.9 Å². The van der Waals surface area contributed by atoms with Crippen LogP contribution in [0.5, 0.6) is 0 Å². The lowest BCUT2D eigenvalue weighted by Crippen LogP contribution is -2.28. The molecule has 0 saturated carbocycles. The van der Waals surface area contributed by atoms with Crippen molar-refractivity contribution < 1.29 is 26.7 Å². The molecule has 0 fully saturated rings. The summed E-state index contributed by atoms with van der Waals surface area (Å²) < 4.78 is 59.0. The van der Waals surface area contributed by atoms with E-state index in [-0.39, 0.29) is 0 Å². The monoisotopic (exact) mass is 164 g/mol. The molecule has 0 aromatic rings. The van der Waals surface area contributed by atoms with Crippen molar-refractivity contribution in [3.63, 3.8) is 0 Å². The fourth-order valence-corrected chi connectivity index (χ4v) is 0.241. The first-order chi connectivity index (χ1) is 4.27. The fraction of sp³-hybridized carbons (Fsp3) is 1.00. The van der Waals surface area contributed by atoms with Gasteiger partial charge >= 0.3 is 12.5 Å². The molecule has 6 heteroatoms. The molecule has 0 saturated heterocycles. The van der Waals surface area contributed by atoms with Gasteiger partial charge in [-0.3, -0.25) is 0 Å². The van der Waals surface area contributed by atoms with E-state index in [0.717, 1.165) is 6.92 Å². The molecule has 0 spiro atoms. The van der Waals surface area contributed by atoms with Crippen LogP contribution in [0.2, 0.25) is 0 Å². The van der Waals surface area contributed by atoms with Crippen molar-refractivity contribution in [1.29, 1.82) is 0 Å². The van der Waals surface area contributed by atoms with Crippen molar-refractivity contribution in [1.82, 2.24) is 0 Å². The smallest absolute Gasteiger partial charge is 0.226 e.